The quantitative estimate of drug-likeness (QED) is 0.873. The van der Waals surface area contributed by atoms with Crippen molar-refractivity contribution < 1.29 is 17.2 Å². The number of hydrogen-bond acceptors (Lipinski definition) is 3. The van der Waals surface area contributed by atoms with Crippen LogP contribution in [0, 0.1) is 11.6 Å². The van der Waals surface area contributed by atoms with Crippen LogP contribution in [0.25, 0.3) is 0 Å². The number of sulfonamides is 1. The van der Waals surface area contributed by atoms with Crippen molar-refractivity contribution in [1.82, 2.24) is 4.72 Å². The van der Waals surface area contributed by atoms with Crippen molar-refractivity contribution >= 4 is 10.0 Å². The minimum atomic E-state index is -4.08. The Labute approximate surface area is 105 Å². The van der Waals surface area contributed by atoms with E-state index in [2.05, 4.69) is 4.72 Å². The van der Waals surface area contributed by atoms with E-state index in [0.717, 1.165) is 12.1 Å². The molecule has 1 aromatic rings. The standard InChI is InChI=1S/C11H16F2N2O2S/c1-7(14)11(2,3)15-18(16,17)10-5-4-8(12)6-9(10)13/h4-7,15H,14H2,1-3H3. The molecular weight excluding hydrogens is 262 g/mol. The highest BCUT2D eigenvalue weighted by Gasteiger charge is 2.31. The van der Waals surface area contributed by atoms with E-state index < -0.39 is 38.1 Å². The first-order valence-electron chi connectivity index (χ1n) is 5.31. The maximum absolute atomic E-state index is 13.4. The van der Waals surface area contributed by atoms with Gasteiger partial charge in [0.2, 0.25) is 10.0 Å². The number of halogens is 2. The Morgan fingerprint density at radius 1 is 1.33 bits per heavy atom. The Morgan fingerprint density at radius 3 is 2.33 bits per heavy atom. The molecule has 0 bridgehead atoms. The van der Waals surface area contributed by atoms with Crippen molar-refractivity contribution in [2.45, 2.75) is 37.2 Å². The van der Waals surface area contributed by atoms with Gasteiger partial charge in [0.05, 0.1) is 0 Å². The van der Waals surface area contributed by atoms with Crippen LogP contribution in [0.1, 0.15) is 20.8 Å². The number of benzene rings is 1. The van der Waals surface area contributed by atoms with Crippen LogP contribution in [0.4, 0.5) is 8.78 Å². The van der Waals surface area contributed by atoms with Crippen LogP contribution < -0.4 is 10.5 Å². The molecule has 102 valence electrons. The molecule has 0 fully saturated rings. The molecule has 0 aliphatic heterocycles. The Bertz CT molecular complexity index is 542. The molecule has 1 rings (SSSR count). The molecule has 0 aliphatic rings. The van der Waals surface area contributed by atoms with Gasteiger partial charge < -0.3 is 5.73 Å². The molecular formula is C11H16F2N2O2S. The van der Waals surface area contributed by atoms with Gasteiger partial charge in [-0.15, -0.1) is 0 Å². The zero-order valence-corrected chi connectivity index (χ0v) is 11.2. The van der Waals surface area contributed by atoms with Crippen LogP contribution in [0.3, 0.4) is 0 Å². The monoisotopic (exact) mass is 278 g/mol. The Hall–Kier alpha value is -1.05. The lowest BCUT2D eigenvalue weighted by Gasteiger charge is -2.29. The molecule has 0 aromatic heterocycles. The van der Waals surface area contributed by atoms with Crippen molar-refractivity contribution in [2.75, 3.05) is 0 Å². The second-order valence-corrected chi connectivity index (χ2v) is 6.34. The van der Waals surface area contributed by atoms with Gasteiger partial charge in [-0.3, -0.25) is 0 Å². The molecule has 0 spiro atoms. The molecule has 0 saturated heterocycles. The number of nitrogens with one attached hydrogen (secondary N) is 1. The second-order valence-electron chi connectivity index (χ2n) is 4.69. The summed E-state index contributed by atoms with van der Waals surface area (Å²) in [4.78, 5) is -0.599. The van der Waals surface area contributed by atoms with E-state index in [0.29, 0.717) is 6.07 Å². The predicted molar refractivity (Wildman–Crippen MR) is 64.4 cm³/mol. The molecule has 7 heteroatoms. The summed E-state index contributed by atoms with van der Waals surface area (Å²) in [5.41, 5.74) is 4.69. The van der Waals surface area contributed by atoms with E-state index in [1.54, 1.807) is 20.8 Å². The first-order valence-corrected chi connectivity index (χ1v) is 6.79. The fraction of sp³-hybridized carbons (Fsp3) is 0.455. The fourth-order valence-electron chi connectivity index (χ4n) is 1.19. The van der Waals surface area contributed by atoms with E-state index in [4.69, 9.17) is 5.73 Å². The number of nitrogens with two attached hydrogens (primary N) is 1. The second kappa shape index (κ2) is 4.91. The summed E-state index contributed by atoms with van der Waals surface area (Å²) in [5, 5.41) is 0. The Kier molecular flexibility index (Phi) is 4.09. The fourth-order valence-corrected chi connectivity index (χ4v) is 2.74. The largest absolute Gasteiger partial charge is 0.326 e. The van der Waals surface area contributed by atoms with Crippen molar-refractivity contribution in [1.29, 1.82) is 0 Å². The molecule has 1 atom stereocenters. The normalized spacial score (nSPS) is 14.6. The molecule has 4 nitrogen and oxygen atoms in total. The maximum Gasteiger partial charge on any atom is 0.244 e. The summed E-state index contributed by atoms with van der Waals surface area (Å²) in [7, 11) is -4.08. The predicted octanol–water partition coefficient (Wildman–Crippen LogP) is 1.37. The van der Waals surface area contributed by atoms with Gasteiger partial charge in [0.15, 0.2) is 0 Å². The average Bonchev–Trinajstić information content (AvgIpc) is 2.14. The molecule has 3 N–H and O–H groups in total. The Morgan fingerprint density at radius 2 is 1.89 bits per heavy atom. The van der Waals surface area contributed by atoms with E-state index in [1.807, 2.05) is 0 Å². The van der Waals surface area contributed by atoms with Gasteiger partial charge >= 0.3 is 0 Å². The van der Waals surface area contributed by atoms with Gasteiger partial charge in [-0.1, -0.05) is 0 Å². The van der Waals surface area contributed by atoms with Gasteiger partial charge in [0.1, 0.15) is 16.5 Å². The van der Waals surface area contributed by atoms with Crippen molar-refractivity contribution in [3.63, 3.8) is 0 Å². The topological polar surface area (TPSA) is 72.2 Å². The molecule has 0 amide bonds. The van der Waals surface area contributed by atoms with Gasteiger partial charge in [-0.25, -0.2) is 21.9 Å². The van der Waals surface area contributed by atoms with E-state index >= 15 is 0 Å². The lowest BCUT2D eigenvalue weighted by molar-refractivity contribution is 0.386. The highest BCUT2D eigenvalue weighted by atomic mass is 32.2. The molecule has 0 saturated carbocycles. The summed E-state index contributed by atoms with van der Waals surface area (Å²) in [6.45, 7) is 4.79. The molecule has 0 radical (unpaired) electrons. The highest BCUT2D eigenvalue weighted by molar-refractivity contribution is 7.89. The lowest BCUT2D eigenvalue weighted by atomic mass is 9.99. The van der Waals surface area contributed by atoms with E-state index in [-0.39, 0.29) is 0 Å². The minimum absolute atomic E-state index is 0.476. The first-order chi connectivity index (χ1) is 8.06. The van der Waals surface area contributed by atoms with Crippen LogP contribution in [-0.2, 0) is 10.0 Å². The number of hydrogen-bond donors (Lipinski definition) is 2. The van der Waals surface area contributed by atoms with Crippen LogP contribution in [0.2, 0.25) is 0 Å². The van der Waals surface area contributed by atoms with Crippen LogP contribution in [0.5, 0.6) is 0 Å². The van der Waals surface area contributed by atoms with Crippen molar-refractivity contribution in [3.8, 4) is 0 Å². The van der Waals surface area contributed by atoms with Crippen molar-refractivity contribution in [3.05, 3.63) is 29.8 Å². The first kappa shape index (κ1) is 15.0. The van der Waals surface area contributed by atoms with Gasteiger partial charge in [0.25, 0.3) is 0 Å². The average molecular weight is 278 g/mol. The summed E-state index contributed by atoms with van der Waals surface area (Å²) < 4.78 is 52.4. The summed E-state index contributed by atoms with van der Waals surface area (Å²) in [5.74, 6) is -1.97. The SMILES string of the molecule is CC(N)C(C)(C)NS(=O)(=O)c1ccc(F)cc1F. The zero-order valence-electron chi connectivity index (χ0n) is 10.4. The van der Waals surface area contributed by atoms with Crippen LogP contribution >= 0.6 is 0 Å². The summed E-state index contributed by atoms with van der Waals surface area (Å²) >= 11 is 0. The third-order valence-corrected chi connectivity index (χ3v) is 4.42. The Balaban J connectivity index is 3.15. The molecule has 18 heavy (non-hydrogen) atoms. The van der Waals surface area contributed by atoms with E-state index in [1.165, 1.54) is 0 Å². The van der Waals surface area contributed by atoms with Gasteiger partial charge in [0, 0.05) is 17.6 Å². The molecule has 0 aliphatic carbocycles. The van der Waals surface area contributed by atoms with Gasteiger partial charge in [-0.05, 0) is 32.9 Å². The van der Waals surface area contributed by atoms with E-state index in [9.17, 15) is 17.2 Å². The number of rotatable bonds is 4. The molecule has 1 unspecified atom stereocenters. The zero-order chi connectivity index (χ0) is 14.1. The maximum atomic E-state index is 13.4. The van der Waals surface area contributed by atoms with Crippen molar-refractivity contribution in [2.24, 2.45) is 5.73 Å². The third kappa shape index (κ3) is 3.24. The molecule has 0 heterocycles. The summed E-state index contributed by atoms with van der Waals surface area (Å²) in [6.07, 6.45) is 0. The van der Waals surface area contributed by atoms with Crippen LogP contribution in [0.15, 0.2) is 23.1 Å². The van der Waals surface area contributed by atoms with Crippen LogP contribution in [-0.4, -0.2) is 20.0 Å². The van der Waals surface area contributed by atoms with Gasteiger partial charge in [-0.2, -0.15) is 0 Å². The lowest BCUT2D eigenvalue weighted by Crippen LogP contribution is -2.54. The highest BCUT2D eigenvalue weighted by Crippen LogP contribution is 2.18. The molecule has 1 aromatic carbocycles. The smallest absolute Gasteiger partial charge is 0.244 e. The minimum Gasteiger partial charge on any atom is -0.326 e. The third-order valence-electron chi connectivity index (χ3n) is 2.72. The summed E-state index contributed by atoms with van der Waals surface area (Å²) in [6, 6.07) is 1.81.